The largest absolute Gasteiger partial charge is 1.00 e. The molecular formula is C43H60Cl2Zr-2. The number of halogens is 2. The molecule has 0 saturated heterocycles. The van der Waals surface area contributed by atoms with Crippen molar-refractivity contribution in [1.29, 1.82) is 0 Å². The maximum Gasteiger partial charge on any atom is -0.00969 e. The standard InChI is InChI=1S/C29H37.C9H18.C5H5.2ClH.Zr/c1-18-25-22-17-19-13-9-10-14-20(19)24(22)21-15-11-12-16-23(21)29(25,8)28(6,7)27(4,5)26(18,2)3;1-8(2)6-5-7-9(3)4;1-2-4-5-3-1;;;/h9-11,13-15,23H,12,16-17H2,1-8H3;8-9H,6-7H2,1-4H3;1-5H;2*1H;/q-1;;-1;;;+2/p-2. The van der Waals surface area contributed by atoms with Gasteiger partial charge in [-0.2, -0.15) is 29.3 Å². The molecule has 2 atom stereocenters. The molecule has 0 aromatic heterocycles. The maximum atomic E-state index is 2.62. The van der Waals surface area contributed by atoms with E-state index in [1.54, 1.807) is 55.7 Å². The van der Waals surface area contributed by atoms with Crippen LogP contribution in [0.4, 0.5) is 0 Å². The van der Waals surface area contributed by atoms with E-state index in [4.69, 9.17) is 0 Å². The third kappa shape index (κ3) is 7.15. The van der Waals surface area contributed by atoms with Crippen molar-refractivity contribution >= 4 is 8.78 Å². The van der Waals surface area contributed by atoms with Gasteiger partial charge in [-0.05, 0) is 40.6 Å². The third-order valence-corrected chi connectivity index (χ3v) is 13.7. The summed E-state index contributed by atoms with van der Waals surface area (Å²) in [6.45, 7) is 29.5. The van der Waals surface area contributed by atoms with Gasteiger partial charge in [0.05, 0.1) is 0 Å². The fourth-order valence-electron chi connectivity index (χ4n) is 8.96. The van der Waals surface area contributed by atoms with Crippen LogP contribution in [0.3, 0.4) is 0 Å². The Hall–Kier alpha value is -1.01. The first-order valence-electron chi connectivity index (χ1n) is 17.3. The molecule has 46 heavy (non-hydrogen) atoms. The summed E-state index contributed by atoms with van der Waals surface area (Å²) in [5.74, 6) is 3.95. The van der Waals surface area contributed by atoms with E-state index in [-0.39, 0.29) is 46.5 Å². The summed E-state index contributed by atoms with van der Waals surface area (Å²) in [4.78, 5) is 0. The van der Waals surface area contributed by atoms with Crippen molar-refractivity contribution in [2.45, 2.75) is 115 Å². The smallest absolute Gasteiger partial charge is 0.00969 e. The second-order valence-electron chi connectivity index (χ2n) is 16.5. The molecule has 0 spiro atoms. The monoisotopic (exact) mass is 736 g/mol. The number of fused-ring (bicyclic) bond motifs is 6. The molecule has 0 amide bonds. The molecule has 0 N–H and O–H groups in total. The van der Waals surface area contributed by atoms with E-state index < -0.39 is 0 Å². The van der Waals surface area contributed by atoms with E-state index in [2.05, 4.69) is 120 Å². The maximum absolute atomic E-state index is 2.62. The van der Waals surface area contributed by atoms with Crippen LogP contribution in [0.15, 0.2) is 83.5 Å². The number of hydrogen-bond donors (Lipinski definition) is 0. The Kier molecular flexibility index (Phi) is 14.0. The second-order valence-corrected chi connectivity index (χ2v) is 18.3. The van der Waals surface area contributed by atoms with Crippen LogP contribution >= 0.6 is 0 Å². The SMILES string of the molecule is CC(C)C[C](=[Zr+2])CC(C)C.C[C-]1C2=C3Cc4ccccc4C3=C3C=CCCC3C2(C)C(C)(C)C(C)(C)C1(C)C.[Cl-].[Cl-].c1cc[cH-]c1. The van der Waals surface area contributed by atoms with Crippen molar-refractivity contribution in [2.24, 2.45) is 39.4 Å². The predicted molar refractivity (Wildman–Crippen MR) is 190 cm³/mol. The molecular weight excluding hydrogens is 679 g/mol. The van der Waals surface area contributed by atoms with Crippen molar-refractivity contribution in [1.82, 2.24) is 0 Å². The average molecular weight is 739 g/mol. The van der Waals surface area contributed by atoms with Gasteiger partial charge < -0.3 is 24.8 Å². The Morgan fingerprint density at radius 2 is 1.43 bits per heavy atom. The topological polar surface area (TPSA) is 0 Å². The number of hydrogen-bond acceptors (Lipinski definition) is 0. The van der Waals surface area contributed by atoms with Crippen LogP contribution < -0.4 is 24.8 Å². The van der Waals surface area contributed by atoms with Gasteiger partial charge in [-0.25, -0.2) is 18.1 Å². The van der Waals surface area contributed by atoms with Crippen LogP contribution in [0.25, 0.3) is 5.57 Å². The Morgan fingerprint density at radius 1 is 0.870 bits per heavy atom. The molecule has 0 heterocycles. The average Bonchev–Trinajstić information content (AvgIpc) is 3.64. The molecule has 0 bridgehead atoms. The molecule has 1 saturated carbocycles. The van der Waals surface area contributed by atoms with Crippen molar-refractivity contribution in [2.75, 3.05) is 0 Å². The summed E-state index contributed by atoms with van der Waals surface area (Å²) in [6.07, 6.45) is 11.2. The Bertz CT molecular complexity index is 1380. The van der Waals surface area contributed by atoms with Gasteiger partial charge in [0.15, 0.2) is 0 Å². The van der Waals surface area contributed by atoms with Gasteiger partial charge in [0.25, 0.3) is 0 Å². The van der Waals surface area contributed by atoms with Gasteiger partial charge in [0, 0.05) is 0 Å². The second kappa shape index (κ2) is 15.7. The van der Waals surface area contributed by atoms with Gasteiger partial charge in [-0.1, -0.05) is 113 Å². The molecule has 0 radical (unpaired) electrons. The molecule has 4 aliphatic carbocycles. The summed E-state index contributed by atoms with van der Waals surface area (Å²) in [6, 6.07) is 19.2. The molecule has 6 rings (SSSR count). The van der Waals surface area contributed by atoms with E-state index in [0.717, 1.165) is 18.3 Å². The van der Waals surface area contributed by atoms with E-state index in [0.29, 0.717) is 5.92 Å². The zero-order chi connectivity index (χ0) is 32.7. The van der Waals surface area contributed by atoms with E-state index in [1.165, 1.54) is 36.8 Å². The Morgan fingerprint density at radius 3 is 1.96 bits per heavy atom. The predicted octanol–water partition coefficient (Wildman–Crippen LogP) is 6.18. The number of benzene rings is 1. The van der Waals surface area contributed by atoms with Crippen LogP contribution in [0.1, 0.15) is 120 Å². The Balaban J connectivity index is 0.000000362. The minimum absolute atomic E-state index is 0. The molecule has 3 heteroatoms. The van der Waals surface area contributed by atoms with E-state index >= 15 is 0 Å². The zero-order valence-electron chi connectivity index (χ0n) is 30.9. The van der Waals surface area contributed by atoms with E-state index in [1.807, 2.05) is 30.3 Å². The van der Waals surface area contributed by atoms with Crippen molar-refractivity contribution in [3.63, 3.8) is 0 Å². The first-order valence-corrected chi connectivity index (χ1v) is 18.5. The van der Waals surface area contributed by atoms with Crippen LogP contribution in [0, 0.1) is 45.3 Å². The molecule has 0 nitrogen and oxygen atoms in total. The van der Waals surface area contributed by atoms with Crippen LogP contribution in [0.2, 0.25) is 0 Å². The number of allylic oxidation sites excluding steroid dienone is 6. The minimum Gasteiger partial charge on any atom is -1.00 e. The number of rotatable bonds is 4. The first kappa shape index (κ1) is 41.2. The van der Waals surface area contributed by atoms with Gasteiger partial charge in [0.2, 0.25) is 0 Å². The summed E-state index contributed by atoms with van der Waals surface area (Å²) in [5, 5.41) is 0. The molecule has 0 aliphatic heterocycles. The minimum atomic E-state index is 0. The molecule has 2 aromatic rings. The summed E-state index contributed by atoms with van der Waals surface area (Å²) < 4.78 is 1.75. The Labute approximate surface area is 310 Å². The molecule has 4 aliphatic rings. The van der Waals surface area contributed by atoms with Crippen LogP contribution in [-0.2, 0) is 30.7 Å². The van der Waals surface area contributed by atoms with Crippen LogP contribution in [-0.4, -0.2) is 3.21 Å². The van der Waals surface area contributed by atoms with Crippen molar-refractivity contribution < 1.29 is 49.0 Å². The van der Waals surface area contributed by atoms with Gasteiger partial charge in [0.1, 0.15) is 0 Å². The van der Waals surface area contributed by atoms with Crippen molar-refractivity contribution in [3.05, 3.63) is 101 Å². The molecule has 2 unspecified atom stereocenters. The zero-order valence-corrected chi connectivity index (χ0v) is 34.8. The molecule has 252 valence electrons. The quantitative estimate of drug-likeness (QED) is 0.329. The fraction of sp³-hybridized carbons (Fsp3) is 0.558. The van der Waals surface area contributed by atoms with Gasteiger partial charge in [-0.15, -0.1) is 6.92 Å². The van der Waals surface area contributed by atoms with Crippen molar-refractivity contribution in [3.8, 4) is 0 Å². The van der Waals surface area contributed by atoms with Gasteiger partial charge in [-0.3, -0.25) is 0 Å². The molecule has 1 fully saturated rings. The van der Waals surface area contributed by atoms with Gasteiger partial charge >= 0.3 is 79.8 Å². The normalized spacial score (nSPS) is 24.3. The summed E-state index contributed by atoms with van der Waals surface area (Å²) >= 11 is 1.65. The fourth-order valence-corrected chi connectivity index (χ4v) is 11.0. The third-order valence-electron chi connectivity index (χ3n) is 12.7. The molecule has 2 aromatic carbocycles. The summed E-state index contributed by atoms with van der Waals surface area (Å²) in [5.41, 5.74) is 10.3. The van der Waals surface area contributed by atoms with E-state index in [9.17, 15) is 0 Å². The summed E-state index contributed by atoms with van der Waals surface area (Å²) in [7, 11) is 0. The first-order chi connectivity index (χ1) is 20.5. The van der Waals surface area contributed by atoms with Crippen LogP contribution in [0.5, 0.6) is 0 Å².